The Morgan fingerprint density at radius 1 is 1.06 bits per heavy atom. The van der Waals surface area contributed by atoms with Crippen LogP contribution in [-0.2, 0) is 5.41 Å². The minimum atomic E-state index is -0.193. The van der Waals surface area contributed by atoms with Crippen molar-refractivity contribution in [2.75, 3.05) is 5.32 Å². The van der Waals surface area contributed by atoms with Gasteiger partial charge in [-0.1, -0.05) is 45.7 Å². The Balaban J connectivity index is 2.02. The van der Waals surface area contributed by atoms with Gasteiger partial charge < -0.3 is 10.4 Å². The van der Waals surface area contributed by atoms with E-state index in [0.717, 1.165) is 24.9 Å². The molecule has 0 radical (unpaired) electrons. The van der Waals surface area contributed by atoms with Gasteiger partial charge in [0.1, 0.15) is 0 Å². The second-order valence-electron chi connectivity index (χ2n) is 6.43. The summed E-state index contributed by atoms with van der Waals surface area (Å²) in [5, 5.41) is 13.4. The molecule has 0 saturated heterocycles. The topological polar surface area (TPSA) is 32.3 Å². The molecule has 0 heterocycles. The molecule has 1 aromatic carbocycles. The third-order valence-electron chi connectivity index (χ3n) is 3.83. The van der Waals surface area contributed by atoms with E-state index < -0.39 is 0 Å². The average molecular weight is 247 g/mol. The second-order valence-corrected chi connectivity index (χ2v) is 6.43. The normalized spacial score (nSPS) is 24.9. The number of hydrogen-bond donors (Lipinski definition) is 2. The highest BCUT2D eigenvalue weighted by Gasteiger charge is 2.22. The molecule has 2 atom stereocenters. The van der Waals surface area contributed by atoms with Crippen LogP contribution in [0, 0.1) is 0 Å². The number of aliphatic hydroxyl groups is 1. The Morgan fingerprint density at radius 3 is 2.22 bits per heavy atom. The molecule has 0 bridgehead atoms. The molecule has 1 aliphatic carbocycles. The summed E-state index contributed by atoms with van der Waals surface area (Å²) in [5.74, 6) is 0. The molecular weight excluding hydrogens is 222 g/mol. The first-order chi connectivity index (χ1) is 8.47. The van der Waals surface area contributed by atoms with E-state index in [9.17, 15) is 5.11 Å². The quantitative estimate of drug-likeness (QED) is 0.835. The Hall–Kier alpha value is -1.02. The third-order valence-corrected chi connectivity index (χ3v) is 3.83. The molecule has 1 saturated carbocycles. The molecule has 2 rings (SSSR count). The summed E-state index contributed by atoms with van der Waals surface area (Å²) < 4.78 is 0. The van der Waals surface area contributed by atoms with Gasteiger partial charge in [-0.25, -0.2) is 0 Å². The molecule has 1 aromatic rings. The Labute approximate surface area is 110 Å². The van der Waals surface area contributed by atoms with E-state index in [2.05, 4.69) is 50.4 Å². The van der Waals surface area contributed by atoms with E-state index in [1.54, 1.807) is 0 Å². The number of anilines is 1. The smallest absolute Gasteiger partial charge is 0.0741 e. The first kappa shape index (κ1) is 13.4. The zero-order valence-corrected chi connectivity index (χ0v) is 11.7. The molecule has 1 aliphatic rings. The third kappa shape index (κ3) is 3.26. The number of aliphatic hydroxyl groups excluding tert-OH is 1. The molecule has 0 amide bonds. The lowest BCUT2D eigenvalue weighted by Crippen LogP contribution is -2.36. The van der Waals surface area contributed by atoms with Gasteiger partial charge in [-0.3, -0.25) is 0 Å². The van der Waals surface area contributed by atoms with E-state index >= 15 is 0 Å². The Morgan fingerprint density at radius 2 is 1.67 bits per heavy atom. The van der Waals surface area contributed by atoms with E-state index in [1.807, 2.05) is 0 Å². The van der Waals surface area contributed by atoms with Crippen molar-refractivity contribution in [3.05, 3.63) is 29.8 Å². The van der Waals surface area contributed by atoms with Gasteiger partial charge in [0.2, 0.25) is 0 Å². The van der Waals surface area contributed by atoms with Crippen LogP contribution in [-0.4, -0.2) is 17.3 Å². The van der Waals surface area contributed by atoms with Crippen LogP contribution in [0.5, 0.6) is 0 Å². The van der Waals surface area contributed by atoms with Crippen LogP contribution in [0.2, 0.25) is 0 Å². The predicted molar refractivity (Wildman–Crippen MR) is 77.0 cm³/mol. The van der Waals surface area contributed by atoms with Gasteiger partial charge in [0.15, 0.2) is 0 Å². The van der Waals surface area contributed by atoms with Crippen molar-refractivity contribution in [1.29, 1.82) is 0 Å². The molecule has 0 aromatic heterocycles. The lowest BCUT2D eigenvalue weighted by Gasteiger charge is -2.29. The fourth-order valence-electron chi connectivity index (χ4n) is 2.56. The number of benzene rings is 1. The van der Waals surface area contributed by atoms with Gasteiger partial charge in [-0.15, -0.1) is 0 Å². The molecule has 0 aliphatic heterocycles. The lowest BCUT2D eigenvalue weighted by molar-refractivity contribution is 0.116. The van der Waals surface area contributed by atoms with Crippen molar-refractivity contribution in [2.45, 2.75) is 64.0 Å². The Bertz CT molecular complexity index is 377. The van der Waals surface area contributed by atoms with Crippen LogP contribution in [0.15, 0.2) is 24.3 Å². The van der Waals surface area contributed by atoms with Crippen molar-refractivity contribution in [1.82, 2.24) is 0 Å². The van der Waals surface area contributed by atoms with E-state index in [0.29, 0.717) is 0 Å². The average Bonchev–Trinajstić information content (AvgIpc) is 2.32. The van der Waals surface area contributed by atoms with E-state index in [4.69, 9.17) is 0 Å². The molecule has 2 N–H and O–H groups in total. The minimum absolute atomic E-state index is 0.193. The monoisotopic (exact) mass is 247 g/mol. The van der Waals surface area contributed by atoms with Crippen molar-refractivity contribution < 1.29 is 5.11 Å². The molecule has 0 spiro atoms. The molecule has 2 heteroatoms. The summed E-state index contributed by atoms with van der Waals surface area (Å²) in [4.78, 5) is 0. The highest BCUT2D eigenvalue weighted by molar-refractivity contribution is 5.46. The summed E-state index contributed by atoms with van der Waals surface area (Å²) in [6.07, 6.45) is 4.18. The number of hydrogen-bond acceptors (Lipinski definition) is 2. The van der Waals surface area contributed by atoms with Crippen LogP contribution in [0.3, 0.4) is 0 Å². The fraction of sp³-hybridized carbons (Fsp3) is 0.625. The SMILES string of the molecule is CC(C)(C)c1ccc(NC2CCCCC2O)cc1. The highest BCUT2D eigenvalue weighted by atomic mass is 16.3. The lowest BCUT2D eigenvalue weighted by atomic mass is 9.87. The van der Waals surface area contributed by atoms with Crippen LogP contribution < -0.4 is 5.32 Å². The molecule has 1 fully saturated rings. The van der Waals surface area contributed by atoms with Crippen LogP contribution in [0.1, 0.15) is 52.0 Å². The maximum absolute atomic E-state index is 9.95. The number of rotatable bonds is 2. The van der Waals surface area contributed by atoms with Crippen LogP contribution in [0.25, 0.3) is 0 Å². The highest BCUT2D eigenvalue weighted by Crippen LogP contribution is 2.26. The fourth-order valence-corrected chi connectivity index (χ4v) is 2.56. The standard InChI is InChI=1S/C16H25NO/c1-16(2,3)12-8-10-13(11-9-12)17-14-6-4-5-7-15(14)18/h8-11,14-15,17-18H,4-7H2,1-3H3. The summed E-state index contributed by atoms with van der Waals surface area (Å²) in [5.41, 5.74) is 2.66. The van der Waals surface area contributed by atoms with E-state index in [1.165, 1.54) is 12.0 Å². The zero-order valence-electron chi connectivity index (χ0n) is 11.7. The summed E-state index contributed by atoms with van der Waals surface area (Å²) in [6.45, 7) is 6.67. The largest absolute Gasteiger partial charge is 0.391 e. The molecular formula is C16H25NO. The van der Waals surface area contributed by atoms with Crippen LogP contribution in [0.4, 0.5) is 5.69 Å². The second kappa shape index (κ2) is 5.31. The number of nitrogens with one attached hydrogen (secondary N) is 1. The van der Waals surface area contributed by atoms with Gasteiger partial charge in [0, 0.05) is 5.69 Å². The van der Waals surface area contributed by atoms with Crippen molar-refractivity contribution in [2.24, 2.45) is 0 Å². The van der Waals surface area contributed by atoms with Crippen molar-refractivity contribution in [3.63, 3.8) is 0 Å². The summed E-state index contributed by atoms with van der Waals surface area (Å²) in [6, 6.07) is 8.83. The van der Waals surface area contributed by atoms with Gasteiger partial charge in [-0.05, 0) is 36.0 Å². The molecule has 100 valence electrons. The molecule has 2 nitrogen and oxygen atoms in total. The first-order valence-corrected chi connectivity index (χ1v) is 7.02. The van der Waals surface area contributed by atoms with Gasteiger partial charge in [0.05, 0.1) is 12.1 Å². The minimum Gasteiger partial charge on any atom is -0.391 e. The zero-order chi connectivity index (χ0) is 13.2. The molecule has 2 unspecified atom stereocenters. The van der Waals surface area contributed by atoms with Crippen molar-refractivity contribution >= 4 is 5.69 Å². The van der Waals surface area contributed by atoms with Gasteiger partial charge in [-0.2, -0.15) is 0 Å². The van der Waals surface area contributed by atoms with Crippen molar-refractivity contribution in [3.8, 4) is 0 Å². The van der Waals surface area contributed by atoms with Crippen LogP contribution >= 0.6 is 0 Å². The maximum atomic E-state index is 9.95. The van der Waals surface area contributed by atoms with E-state index in [-0.39, 0.29) is 17.6 Å². The Kier molecular flexibility index (Phi) is 3.96. The summed E-state index contributed by atoms with van der Waals surface area (Å²) >= 11 is 0. The maximum Gasteiger partial charge on any atom is 0.0741 e. The first-order valence-electron chi connectivity index (χ1n) is 7.02. The van der Waals surface area contributed by atoms with Gasteiger partial charge in [0.25, 0.3) is 0 Å². The summed E-state index contributed by atoms with van der Waals surface area (Å²) in [7, 11) is 0. The predicted octanol–water partition coefficient (Wildman–Crippen LogP) is 3.70. The van der Waals surface area contributed by atoms with Gasteiger partial charge >= 0.3 is 0 Å². The molecule has 18 heavy (non-hydrogen) atoms.